The molecule has 1 rings (SSSR count). The van der Waals surface area contributed by atoms with Crippen LogP contribution in [0.3, 0.4) is 0 Å². The summed E-state index contributed by atoms with van der Waals surface area (Å²) < 4.78 is 19.1. The Kier molecular flexibility index (Phi) is 6.62. The van der Waals surface area contributed by atoms with Gasteiger partial charge in [0.15, 0.2) is 0 Å². The fraction of sp³-hybridized carbons (Fsp3) is 0.647. The number of benzene rings is 1. The number of hydrogen-bond acceptors (Lipinski definition) is 3. The molecule has 3 nitrogen and oxygen atoms in total. The van der Waals surface area contributed by atoms with E-state index in [0.717, 1.165) is 17.8 Å². The number of nitrogens with zero attached hydrogens (tertiary/aromatic N) is 1. The molecule has 0 aliphatic carbocycles. The minimum atomic E-state index is -0.198. The third-order valence-electron chi connectivity index (χ3n) is 3.14. The maximum atomic E-state index is 13.5. The van der Waals surface area contributed by atoms with Crippen molar-refractivity contribution in [3.63, 3.8) is 0 Å². The monoisotopic (exact) mass is 296 g/mol. The molecule has 0 fully saturated rings. The lowest BCUT2D eigenvalue weighted by molar-refractivity contribution is 0.0846. The Morgan fingerprint density at radius 2 is 1.95 bits per heavy atom. The highest BCUT2D eigenvalue weighted by Gasteiger charge is 2.13. The van der Waals surface area contributed by atoms with Crippen LogP contribution in [-0.4, -0.2) is 31.8 Å². The van der Waals surface area contributed by atoms with E-state index in [-0.39, 0.29) is 17.5 Å². The summed E-state index contributed by atoms with van der Waals surface area (Å²) in [6.07, 6.45) is 0.230. The van der Waals surface area contributed by atoms with E-state index in [9.17, 15) is 4.39 Å². The van der Waals surface area contributed by atoms with E-state index in [0.29, 0.717) is 13.2 Å². The number of nitrogens with one attached hydrogen (secondary N) is 1. The van der Waals surface area contributed by atoms with Gasteiger partial charge in [0.25, 0.3) is 0 Å². The van der Waals surface area contributed by atoms with Crippen LogP contribution < -0.4 is 10.2 Å². The van der Waals surface area contributed by atoms with Crippen LogP contribution in [0.4, 0.5) is 10.1 Å². The van der Waals surface area contributed by atoms with E-state index in [1.165, 1.54) is 6.07 Å². The van der Waals surface area contributed by atoms with Gasteiger partial charge in [-0.1, -0.05) is 0 Å². The normalized spacial score (nSPS) is 12.0. The molecule has 0 heterocycles. The first-order valence-electron chi connectivity index (χ1n) is 7.55. The molecule has 0 saturated heterocycles. The maximum absolute atomic E-state index is 13.5. The molecule has 0 aliphatic rings. The first kappa shape index (κ1) is 17.9. The molecule has 0 atom stereocenters. The van der Waals surface area contributed by atoms with Crippen LogP contribution >= 0.6 is 0 Å². The SMILES string of the molecule is CC(C)OCCN(C)c1ccc(F)cc1CNC(C)(C)C. The van der Waals surface area contributed by atoms with Crippen LogP contribution in [0, 0.1) is 5.82 Å². The number of anilines is 1. The largest absolute Gasteiger partial charge is 0.377 e. The Hall–Kier alpha value is -1.13. The van der Waals surface area contributed by atoms with E-state index in [1.807, 2.05) is 27.0 Å². The van der Waals surface area contributed by atoms with Crippen molar-refractivity contribution < 1.29 is 9.13 Å². The highest BCUT2D eigenvalue weighted by atomic mass is 19.1. The summed E-state index contributed by atoms with van der Waals surface area (Å²) in [5.41, 5.74) is 2.01. The summed E-state index contributed by atoms with van der Waals surface area (Å²) in [5, 5.41) is 3.41. The Morgan fingerprint density at radius 1 is 1.29 bits per heavy atom. The molecule has 1 aromatic carbocycles. The van der Waals surface area contributed by atoms with Gasteiger partial charge in [-0.25, -0.2) is 4.39 Å². The molecule has 21 heavy (non-hydrogen) atoms. The summed E-state index contributed by atoms with van der Waals surface area (Å²) in [7, 11) is 2.01. The lowest BCUT2D eigenvalue weighted by Crippen LogP contribution is -2.35. The summed E-state index contributed by atoms with van der Waals surface area (Å²) in [4.78, 5) is 2.11. The Balaban J connectivity index is 2.75. The zero-order chi connectivity index (χ0) is 16.0. The minimum absolute atomic E-state index is 0.00289. The van der Waals surface area contributed by atoms with E-state index in [1.54, 1.807) is 6.07 Å². The summed E-state index contributed by atoms with van der Waals surface area (Å²) in [5.74, 6) is -0.198. The number of halogens is 1. The Bertz CT molecular complexity index is 441. The van der Waals surface area contributed by atoms with E-state index in [4.69, 9.17) is 4.74 Å². The molecule has 0 bridgehead atoms. The van der Waals surface area contributed by atoms with Gasteiger partial charge < -0.3 is 15.0 Å². The lowest BCUT2D eigenvalue weighted by Gasteiger charge is -2.26. The average molecular weight is 296 g/mol. The molecule has 120 valence electrons. The van der Waals surface area contributed by atoms with Crippen molar-refractivity contribution in [2.75, 3.05) is 25.1 Å². The van der Waals surface area contributed by atoms with E-state index >= 15 is 0 Å². The van der Waals surface area contributed by atoms with Crippen LogP contribution in [0.5, 0.6) is 0 Å². The van der Waals surface area contributed by atoms with Crippen molar-refractivity contribution in [2.45, 2.75) is 52.8 Å². The number of ether oxygens (including phenoxy) is 1. The summed E-state index contributed by atoms with van der Waals surface area (Å²) >= 11 is 0. The van der Waals surface area contributed by atoms with Gasteiger partial charge in [0.1, 0.15) is 5.82 Å². The second-order valence-electron chi connectivity index (χ2n) is 6.72. The molecule has 0 aliphatic heterocycles. The maximum Gasteiger partial charge on any atom is 0.123 e. The summed E-state index contributed by atoms with van der Waals surface area (Å²) in [6, 6.07) is 4.95. The van der Waals surface area contributed by atoms with Crippen molar-refractivity contribution in [1.29, 1.82) is 0 Å². The van der Waals surface area contributed by atoms with Gasteiger partial charge in [-0.05, 0) is 58.4 Å². The molecule has 0 amide bonds. The molecule has 0 saturated carbocycles. The molecular formula is C17H29FN2O. The topological polar surface area (TPSA) is 24.5 Å². The number of rotatable bonds is 7. The molecule has 1 aromatic rings. The van der Waals surface area contributed by atoms with Gasteiger partial charge in [-0.15, -0.1) is 0 Å². The van der Waals surface area contributed by atoms with Gasteiger partial charge in [-0.2, -0.15) is 0 Å². The number of likely N-dealkylation sites (N-methyl/N-ethyl adjacent to an activating group) is 1. The van der Waals surface area contributed by atoms with Crippen molar-refractivity contribution in [2.24, 2.45) is 0 Å². The van der Waals surface area contributed by atoms with E-state index in [2.05, 4.69) is 31.0 Å². The molecule has 0 spiro atoms. The molecule has 0 radical (unpaired) electrons. The molecular weight excluding hydrogens is 267 g/mol. The molecule has 1 N–H and O–H groups in total. The minimum Gasteiger partial charge on any atom is -0.377 e. The van der Waals surface area contributed by atoms with Gasteiger partial charge in [0.2, 0.25) is 0 Å². The third kappa shape index (κ3) is 6.91. The highest BCUT2D eigenvalue weighted by Crippen LogP contribution is 2.21. The van der Waals surface area contributed by atoms with Crippen LogP contribution in [-0.2, 0) is 11.3 Å². The fourth-order valence-corrected chi connectivity index (χ4v) is 1.97. The van der Waals surface area contributed by atoms with Crippen LogP contribution in [0.1, 0.15) is 40.2 Å². The predicted octanol–water partition coefficient (Wildman–Crippen LogP) is 3.58. The van der Waals surface area contributed by atoms with Crippen molar-refractivity contribution in [3.8, 4) is 0 Å². The zero-order valence-corrected chi connectivity index (χ0v) is 14.2. The van der Waals surface area contributed by atoms with Crippen LogP contribution in [0.2, 0.25) is 0 Å². The second-order valence-corrected chi connectivity index (χ2v) is 6.72. The Morgan fingerprint density at radius 3 is 2.52 bits per heavy atom. The molecule has 0 unspecified atom stereocenters. The van der Waals surface area contributed by atoms with Gasteiger partial charge in [0.05, 0.1) is 12.7 Å². The average Bonchev–Trinajstić information content (AvgIpc) is 2.35. The van der Waals surface area contributed by atoms with Gasteiger partial charge >= 0.3 is 0 Å². The first-order valence-corrected chi connectivity index (χ1v) is 7.55. The first-order chi connectivity index (χ1) is 9.69. The smallest absolute Gasteiger partial charge is 0.123 e. The second kappa shape index (κ2) is 7.76. The lowest BCUT2D eigenvalue weighted by atomic mass is 10.1. The standard InChI is InChI=1S/C17H29FN2O/c1-13(2)21-10-9-20(6)16-8-7-15(18)11-14(16)12-19-17(3,4)5/h7-8,11,13,19H,9-10,12H2,1-6H3. The fourth-order valence-electron chi connectivity index (χ4n) is 1.97. The van der Waals surface area contributed by atoms with Crippen molar-refractivity contribution in [3.05, 3.63) is 29.6 Å². The number of hydrogen-bond donors (Lipinski definition) is 1. The van der Waals surface area contributed by atoms with Crippen LogP contribution in [0.15, 0.2) is 18.2 Å². The van der Waals surface area contributed by atoms with Crippen molar-refractivity contribution >= 4 is 5.69 Å². The zero-order valence-electron chi connectivity index (χ0n) is 14.2. The van der Waals surface area contributed by atoms with Gasteiger partial charge in [-0.3, -0.25) is 0 Å². The van der Waals surface area contributed by atoms with Crippen molar-refractivity contribution in [1.82, 2.24) is 5.32 Å². The van der Waals surface area contributed by atoms with E-state index < -0.39 is 0 Å². The predicted molar refractivity (Wildman–Crippen MR) is 87.4 cm³/mol. The van der Waals surface area contributed by atoms with Crippen LogP contribution in [0.25, 0.3) is 0 Å². The quantitative estimate of drug-likeness (QED) is 0.832. The van der Waals surface area contributed by atoms with Gasteiger partial charge in [0, 0.05) is 31.4 Å². The third-order valence-corrected chi connectivity index (χ3v) is 3.14. The highest BCUT2D eigenvalue weighted by molar-refractivity contribution is 5.53. The Labute approximate surface area is 128 Å². The molecule has 0 aromatic heterocycles. The molecule has 4 heteroatoms. The summed E-state index contributed by atoms with van der Waals surface area (Å²) in [6.45, 7) is 12.5.